The minimum atomic E-state index is -3.57. The van der Waals surface area contributed by atoms with Crippen LogP contribution in [0.5, 0.6) is 5.75 Å². The second-order valence-electron chi connectivity index (χ2n) is 7.44. The van der Waals surface area contributed by atoms with E-state index in [1.165, 1.54) is 16.4 Å². The molecule has 3 rings (SSSR count). The number of fused-ring (bicyclic) bond motifs is 1. The van der Waals surface area contributed by atoms with Gasteiger partial charge >= 0.3 is 5.97 Å². The molecule has 1 aliphatic heterocycles. The molecule has 1 aliphatic rings. The van der Waals surface area contributed by atoms with E-state index < -0.39 is 27.6 Å². The van der Waals surface area contributed by atoms with E-state index >= 15 is 0 Å². The fourth-order valence-corrected chi connectivity index (χ4v) is 4.70. The molecule has 0 saturated carbocycles. The Balaban J connectivity index is 2.13. The van der Waals surface area contributed by atoms with Crippen LogP contribution in [0.4, 0.5) is 0 Å². The molecule has 0 spiro atoms. The summed E-state index contributed by atoms with van der Waals surface area (Å²) in [6, 6.07) is 7.62. The van der Waals surface area contributed by atoms with Crippen molar-refractivity contribution in [2.75, 3.05) is 5.75 Å². The number of carboxylic acid groups (broad SMARTS) is 1. The number of carbonyl (C=O) groups is 1. The van der Waals surface area contributed by atoms with Gasteiger partial charge < -0.3 is 9.84 Å². The molecule has 2 heterocycles. The lowest BCUT2D eigenvalue weighted by Gasteiger charge is -2.42. The normalized spacial score (nSPS) is 18.4. The molecule has 1 aromatic heterocycles. The fraction of sp³-hybridized carbons (Fsp3) is 0.400. The number of rotatable bonds is 6. The van der Waals surface area contributed by atoms with E-state index in [9.17, 15) is 18.3 Å². The van der Waals surface area contributed by atoms with Crippen molar-refractivity contribution >= 4 is 16.0 Å². The van der Waals surface area contributed by atoms with Crippen LogP contribution >= 0.6 is 0 Å². The average Bonchev–Trinajstić information content (AvgIpc) is 2.65. The van der Waals surface area contributed by atoms with Crippen molar-refractivity contribution in [1.29, 1.82) is 0 Å². The van der Waals surface area contributed by atoms with Crippen LogP contribution in [0.15, 0.2) is 42.7 Å². The van der Waals surface area contributed by atoms with Crippen LogP contribution in [0.25, 0.3) is 0 Å². The summed E-state index contributed by atoms with van der Waals surface area (Å²) in [4.78, 5) is 15.4. The van der Waals surface area contributed by atoms with Crippen molar-refractivity contribution in [3.05, 3.63) is 59.4 Å². The molecular formula is C20H24N2O5S. The van der Waals surface area contributed by atoms with Crippen molar-refractivity contribution < 1.29 is 23.1 Å². The topological polar surface area (TPSA) is 96.8 Å². The first kappa shape index (κ1) is 20.3. The first-order valence-electron chi connectivity index (χ1n) is 9.07. The number of pyridine rings is 1. The van der Waals surface area contributed by atoms with Crippen molar-refractivity contribution in [2.45, 2.75) is 45.4 Å². The quantitative estimate of drug-likeness (QED) is 0.794. The highest BCUT2D eigenvalue weighted by atomic mass is 32.2. The lowest BCUT2D eigenvalue weighted by molar-refractivity contribution is 0.0489. The van der Waals surface area contributed by atoms with Gasteiger partial charge in [-0.3, -0.25) is 4.98 Å². The Kier molecular flexibility index (Phi) is 5.45. The summed E-state index contributed by atoms with van der Waals surface area (Å²) in [7, 11) is -3.57. The zero-order valence-electron chi connectivity index (χ0n) is 16.1. The SMILES string of the molecule is CCS(=O)(=O)N(Cc1ccncc1)C1CC(C)(C)Oc2ccc(C(=O)O)cc21. The molecule has 1 unspecified atom stereocenters. The van der Waals surface area contributed by atoms with Gasteiger partial charge in [-0.05, 0) is 56.7 Å². The van der Waals surface area contributed by atoms with Gasteiger partial charge in [0, 0.05) is 30.9 Å². The van der Waals surface area contributed by atoms with Crippen molar-refractivity contribution in [3.8, 4) is 5.75 Å². The number of hydrogen-bond donors (Lipinski definition) is 1. The van der Waals surface area contributed by atoms with Gasteiger partial charge in [-0.25, -0.2) is 13.2 Å². The smallest absolute Gasteiger partial charge is 0.335 e. The minimum Gasteiger partial charge on any atom is -0.487 e. The van der Waals surface area contributed by atoms with Gasteiger partial charge in [0.15, 0.2) is 0 Å². The molecule has 150 valence electrons. The number of nitrogens with zero attached hydrogens (tertiary/aromatic N) is 2. The molecule has 0 amide bonds. The Morgan fingerprint density at radius 3 is 2.57 bits per heavy atom. The number of benzene rings is 1. The maximum Gasteiger partial charge on any atom is 0.335 e. The molecule has 0 radical (unpaired) electrons. The van der Waals surface area contributed by atoms with Crippen LogP contribution in [-0.2, 0) is 16.6 Å². The monoisotopic (exact) mass is 404 g/mol. The molecule has 1 N–H and O–H groups in total. The van der Waals surface area contributed by atoms with Crippen LogP contribution in [0.1, 0.15) is 54.7 Å². The Bertz CT molecular complexity index is 973. The minimum absolute atomic E-state index is 0.0518. The lowest BCUT2D eigenvalue weighted by Crippen LogP contribution is -2.44. The molecular weight excluding hydrogens is 380 g/mol. The summed E-state index contributed by atoms with van der Waals surface area (Å²) in [5, 5.41) is 9.38. The first-order chi connectivity index (χ1) is 13.1. The summed E-state index contributed by atoms with van der Waals surface area (Å²) >= 11 is 0. The van der Waals surface area contributed by atoms with Crippen LogP contribution < -0.4 is 4.74 Å². The largest absolute Gasteiger partial charge is 0.487 e. The Morgan fingerprint density at radius 2 is 1.96 bits per heavy atom. The predicted molar refractivity (Wildman–Crippen MR) is 105 cm³/mol. The zero-order valence-corrected chi connectivity index (χ0v) is 16.9. The number of ether oxygens (including phenoxy) is 1. The third-order valence-corrected chi connectivity index (χ3v) is 6.67. The summed E-state index contributed by atoms with van der Waals surface area (Å²) in [6.45, 7) is 5.58. The van der Waals surface area contributed by atoms with Gasteiger partial charge in [-0.1, -0.05) is 0 Å². The fourth-order valence-electron chi connectivity index (χ4n) is 3.44. The van der Waals surface area contributed by atoms with Gasteiger partial charge in [0.25, 0.3) is 0 Å². The summed E-state index contributed by atoms with van der Waals surface area (Å²) in [6.07, 6.45) is 3.65. The van der Waals surface area contributed by atoms with E-state index in [1.807, 2.05) is 13.8 Å². The third-order valence-electron chi connectivity index (χ3n) is 4.84. The van der Waals surface area contributed by atoms with Crippen molar-refractivity contribution in [2.24, 2.45) is 0 Å². The van der Waals surface area contributed by atoms with Crippen molar-refractivity contribution in [3.63, 3.8) is 0 Å². The number of sulfonamides is 1. The Morgan fingerprint density at radius 1 is 1.29 bits per heavy atom. The predicted octanol–water partition coefficient (Wildman–Crippen LogP) is 3.23. The molecule has 7 nitrogen and oxygen atoms in total. The first-order valence-corrected chi connectivity index (χ1v) is 10.7. The molecule has 0 aliphatic carbocycles. The third kappa shape index (κ3) is 4.18. The van der Waals surface area contributed by atoms with E-state index in [-0.39, 0.29) is 17.9 Å². The van der Waals surface area contributed by atoms with E-state index in [4.69, 9.17) is 4.74 Å². The highest BCUT2D eigenvalue weighted by Crippen LogP contribution is 2.44. The van der Waals surface area contributed by atoms with Gasteiger partial charge in [-0.2, -0.15) is 4.31 Å². The summed E-state index contributed by atoms with van der Waals surface area (Å²) < 4.78 is 33.5. The summed E-state index contributed by atoms with van der Waals surface area (Å²) in [5.41, 5.74) is 0.893. The van der Waals surface area contributed by atoms with Crippen LogP contribution in [0.3, 0.4) is 0 Å². The number of carboxylic acids is 1. The van der Waals surface area contributed by atoms with Crippen LogP contribution in [0.2, 0.25) is 0 Å². The summed E-state index contributed by atoms with van der Waals surface area (Å²) in [5.74, 6) is -0.605. The standard InChI is InChI=1S/C20H24N2O5S/c1-4-28(25,26)22(13-14-7-9-21-10-8-14)17-12-20(2,3)27-18-6-5-15(19(23)24)11-16(17)18/h5-11,17H,4,12-13H2,1-3H3,(H,23,24). The van der Waals surface area contributed by atoms with E-state index in [1.54, 1.807) is 37.5 Å². The molecule has 0 bridgehead atoms. The van der Waals surface area contributed by atoms with E-state index in [0.717, 1.165) is 5.56 Å². The number of hydrogen-bond acceptors (Lipinski definition) is 5. The van der Waals surface area contributed by atoms with Gasteiger partial charge in [-0.15, -0.1) is 0 Å². The van der Waals surface area contributed by atoms with E-state index in [0.29, 0.717) is 17.7 Å². The van der Waals surface area contributed by atoms with E-state index in [2.05, 4.69) is 4.98 Å². The average molecular weight is 404 g/mol. The Hall–Kier alpha value is -2.45. The molecule has 0 saturated heterocycles. The number of aromatic nitrogens is 1. The maximum atomic E-state index is 13.0. The molecule has 2 aromatic rings. The molecule has 28 heavy (non-hydrogen) atoms. The van der Waals surface area contributed by atoms with Crippen LogP contribution in [0, 0.1) is 0 Å². The molecule has 0 fully saturated rings. The van der Waals surface area contributed by atoms with Gasteiger partial charge in [0.05, 0.1) is 17.4 Å². The van der Waals surface area contributed by atoms with Crippen molar-refractivity contribution in [1.82, 2.24) is 9.29 Å². The lowest BCUT2D eigenvalue weighted by atomic mass is 9.88. The Labute approximate surface area is 165 Å². The zero-order chi connectivity index (χ0) is 20.5. The van der Waals surface area contributed by atoms with Crippen LogP contribution in [-0.4, -0.2) is 40.1 Å². The van der Waals surface area contributed by atoms with Gasteiger partial charge in [0.2, 0.25) is 10.0 Å². The highest BCUT2D eigenvalue weighted by Gasteiger charge is 2.41. The second kappa shape index (κ2) is 7.52. The number of aromatic carboxylic acids is 1. The molecule has 8 heteroatoms. The molecule has 1 aromatic carbocycles. The highest BCUT2D eigenvalue weighted by molar-refractivity contribution is 7.89. The molecule has 1 atom stereocenters. The maximum absolute atomic E-state index is 13.0. The van der Waals surface area contributed by atoms with Gasteiger partial charge in [0.1, 0.15) is 11.4 Å². The second-order valence-corrected chi connectivity index (χ2v) is 9.65.